The number of pyridine rings is 1. The predicted octanol–water partition coefficient (Wildman–Crippen LogP) is 0.763. The van der Waals surface area contributed by atoms with Crippen molar-refractivity contribution in [2.75, 3.05) is 25.6 Å². The summed E-state index contributed by atoms with van der Waals surface area (Å²) in [6.45, 7) is 0.894. The zero-order chi connectivity index (χ0) is 11.8. The molecule has 1 atom stereocenters. The van der Waals surface area contributed by atoms with Crippen LogP contribution in [0.1, 0.15) is 12.1 Å². The van der Waals surface area contributed by atoms with Crippen molar-refractivity contribution in [3.63, 3.8) is 0 Å². The molecule has 0 fully saturated rings. The quantitative estimate of drug-likeness (QED) is 0.741. The molecule has 5 heteroatoms. The van der Waals surface area contributed by atoms with Crippen molar-refractivity contribution in [3.8, 4) is 6.07 Å². The van der Waals surface area contributed by atoms with E-state index < -0.39 is 6.10 Å². The maximum atomic E-state index is 9.41. The first-order valence-corrected chi connectivity index (χ1v) is 5.04. The Labute approximate surface area is 94.7 Å². The normalized spacial score (nSPS) is 11.8. The van der Waals surface area contributed by atoms with Crippen LogP contribution < -0.4 is 5.32 Å². The van der Waals surface area contributed by atoms with Crippen molar-refractivity contribution in [3.05, 3.63) is 24.0 Å². The van der Waals surface area contributed by atoms with Gasteiger partial charge in [-0.3, -0.25) is 0 Å². The molecule has 1 aromatic heterocycles. The molecular weight excluding hydrogens is 206 g/mol. The van der Waals surface area contributed by atoms with Crippen LogP contribution in [0.15, 0.2) is 18.3 Å². The molecule has 0 bridgehead atoms. The van der Waals surface area contributed by atoms with Gasteiger partial charge in [0.2, 0.25) is 0 Å². The van der Waals surface area contributed by atoms with Crippen molar-refractivity contribution in [2.45, 2.75) is 12.5 Å². The topological polar surface area (TPSA) is 78.2 Å². The summed E-state index contributed by atoms with van der Waals surface area (Å²) in [7, 11) is 1.55. The van der Waals surface area contributed by atoms with E-state index in [0.29, 0.717) is 31.0 Å². The SMILES string of the molecule is COCC(O)CCNc1cccnc1C#N. The highest BCUT2D eigenvalue weighted by Crippen LogP contribution is 2.10. The molecule has 1 heterocycles. The number of aliphatic hydroxyl groups excluding tert-OH is 1. The lowest BCUT2D eigenvalue weighted by Crippen LogP contribution is -2.18. The molecule has 0 spiro atoms. The van der Waals surface area contributed by atoms with Crippen LogP contribution in [0.2, 0.25) is 0 Å². The number of nitrogens with one attached hydrogen (secondary N) is 1. The van der Waals surface area contributed by atoms with Gasteiger partial charge in [-0.15, -0.1) is 0 Å². The van der Waals surface area contributed by atoms with E-state index in [9.17, 15) is 5.11 Å². The Balaban J connectivity index is 2.40. The molecule has 0 aliphatic rings. The second kappa shape index (κ2) is 6.77. The van der Waals surface area contributed by atoms with Gasteiger partial charge in [0.25, 0.3) is 0 Å². The van der Waals surface area contributed by atoms with E-state index in [1.807, 2.05) is 6.07 Å². The largest absolute Gasteiger partial charge is 0.391 e. The van der Waals surface area contributed by atoms with Crippen molar-refractivity contribution >= 4 is 5.69 Å². The van der Waals surface area contributed by atoms with Gasteiger partial charge in [0.1, 0.15) is 6.07 Å². The summed E-state index contributed by atoms with van der Waals surface area (Å²) in [5.41, 5.74) is 1.05. The molecule has 5 nitrogen and oxygen atoms in total. The van der Waals surface area contributed by atoms with E-state index in [-0.39, 0.29) is 0 Å². The maximum Gasteiger partial charge on any atom is 0.163 e. The third-order valence-corrected chi connectivity index (χ3v) is 2.07. The molecule has 0 radical (unpaired) electrons. The Morgan fingerprint density at radius 1 is 1.69 bits per heavy atom. The van der Waals surface area contributed by atoms with Gasteiger partial charge in [-0.05, 0) is 18.6 Å². The molecule has 16 heavy (non-hydrogen) atoms. The van der Waals surface area contributed by atoms with E-state index in [0.717, 1.165) is 0 Å². The molecule has 0 aromatic carbocycles. The van der Waals surface area contributed by atoms with Gasteiger partial charge >= 0.3 is 0 Å². The fraction of sp³-hybridized carbons (Fsp3) is 0.455. The molecule has 2 N–H and O–H groups in total. The van der Waals surface area contributed by atoms with Crippen LogP contribution in [-0.2, 0) is 4.74 Å². The van der Waals surface area contributed by atoms with Crippen LogP contribution in [0.5, 0.6) is 0 Å². The number of hydrogen-bond donors (Lipinski definition) is 2. The Morgan fingerprint density at radius 3 is 3.19 bits per heavy atom. The molecule has 0 saturated heterocycles. The predicted molar refractivity (Wildman–Crippen MR) is 59.9 cm³/mol. The zero-order valence-electron chi connectivity index (χ0n) is 9.18. The lowest BCUT2D eigenvalue weighted by Gasteiger charge is -2.11. The molecule has 0 aliphatic carbocycles. The number of nitriles is 1. The van der Waals surface area contributed by atoms with Gasteiger partial charge in [-0.1, -0.05) is 0 Å². The van der Waals surface area contributed by atoms with Gasteiger partial charge in [-0.25, -0.2) is 4.98 Å². The molecule has 0 saturated carbocycles. The van der Waals surface area contributed by atoms with E-state index in [2.05, 4.69) is 10.3 Å². The fourth-order valence-electron chi connectivity index (χ4n) is 1.29. The smallest absolute Gasteiger partial charge is 0.163 e. The highest BCUT2D eigenvalue weighted by Gasteiger charge is 2.04. The summed E-state index contributed by atoms with van der Waals surface area (Å²) < 4.78 is 4.81. The Kier molecular flexibility index (Phi) is 5.26. The molecule has 1 unspecified atom stereocenters. The van der Waals surface area contributed by atoms with Crippen LogP contribution in [0.4, 0.5) is 5.69 Å². The minimum absolute atomic E-state index is 0.319. The Morgan fingerprint density at radius 2 is 2.50 bits per heavy atom. The number of nitrogens with zero attached hydrogens (tertiary/aromatic N) is 2. The molecular formula is C11H15N3O2. The van der Waals surface area contributed by atoms with E-state index >= 15 is 0 Å². The van der Waals surface area contributed by atoms with Crippen LogP contribution in [-0.4, -0.2) is 36.5 Å². The zero-order valence-corrected chi connectivity index (χ0v) is 9.18. The number of anilines is 1. The highest BCUT2D eigenvalue weighted by atomic mass is 16.5. The van der Waals surface area contributed by atoms with Gasteiger partial charge in [0.15, 0.2) is 5.69 Å². The summed E-state index contributed by atoms with van der Waals surface area (Å²) in [5.74, 6) is 0. The molecule has 86 valence electrons. The highest BCUT2D eigenvalue weighted by molar-refractivity contribution is 5.53. The molecule has 1 rings (SSSR count). The van der Waals surface area contributed by atoms with E-state index in [4.69, 9.17) is 10.00 Å². The van der Waals surface area contributed by atoms with Crippen molar-refractivity contribution in [1.82, 2.24) is 4.98 Å². The van der Waals surface area contributed by atoms with Crippen LogP contribution in [0.25, 0.3) is 0 Å². The summed E-state index contributed by atoms with van der Waals surface area (Å²) in [6.07, 6.45) is 1.65. The lowest BCUT2D eigenvalue weighted by atomic mass is 10.2. The fourth-order valence-corrected chi connectivity index (χ4v) is 1.29. The van der Waals surface area contributed by atoms with Crippen LogP contribution in [0, 0.1) is 11.3 Å². The maximum absolute atomic E-state index is 9.41. The summed E-state index contributed by atoms with van der Waals surface area (Å²) >= 11 is 0. The van der Waals surface area contributed by atoms with Crippen molar-refractivity contribution < 1.29 is 9.84 Å². The standard InChI is InChI=1S/C11H15N3O2/c1-16-8-9(15)4-6-14-10-3-2-5-13-11(10)7-12/h2-3,5,9,14-15H,4,6,8H2,1H3. The monoisotopic (exact) mass is 221 g/mol. The third kappa shape index (κ3) is 3.85. The van der Waals surface area contributed by atoms with Gasteiger partial charge in [-0.2, -0.15) is 5.26 Å². The minimum Gasteiger partial charge on any atom is -0.391 e. The molecule has 1 aromatic rings. The van der Waals surface area contributed by atoms with E-state index in [1.54, 1.807) is 25.4 Å². The van der Waals surface area contributed by atoms with Crippen molar-refractivity contribution in [1.29, 1.82) is 5.26 Å². The molecule has 0 amide bonds. The average Bonchev–Trinajstić information content (AvgIpc) is 2.30. The minimum atomic E-state index is -0.486. The third-order valence-electron chi connectivity index (χ3n) is 2.07. The van der Waals surface area contributed by atoms with E-state index in [1.165, 1.54) is 0 Å². The number of methoxy groups -OCH3 is 1. The second-order valence-electron chi connectivity index (χ2n) is 3.34. The molecule has 0 aliphatic heterocycles. The van der Waals surface area contributed by atoms with Crippen LogP contribution in [0.3, 0.4) is 0 Å². The summed E-state index contributed by atoms with van der Waals surface area (Å²) in [5, 5.41) is 21.3. The van der Waals surface area contributed by atoms with Crippen LogP contribution >= 0.6 is 0 Å². The number of ether oxygens (including phenoxy) is 1. The second-order valence-corrected chi connectivity index (χ2v) is 3.34. The lowest BCUT2D eigenvalue weighted by molar-refractivity contribution is 0.0615. The van der Waals surface area contributed by atoms with Gasteiger partial charge < -0.3 is 15.2 Å². The first-order valence-electron chi connectivity index (χ1n) is 5.04. The number of rotatable bonds is 6. The Hall–Kier alpha value is -1.64. The Bertz CT molecular complexity index is 362. The van der Waals surface area contributed by atoms with Gasteiger partial charge in [0, 0.05) is 19.9 Å². The number of aromatic nitrogens is 1. The number of hydrogen-bond acceptors (Lipinski definition) is 5. The first-order chi connectivity index (χ1) is 7.77. The number of aliphatic hydroxyl groups is 1. The first kappa shape index (κ1) is 12.4. The average molecular weight is 221 g/mol. The van der Waals surface area contributed by atoms with Crippen molar-refractivity contribution in [2.24, 2.45) is 0 Å². The summed E-state index contributed by atoms with van der Waals surface area (Å²) in [6, 6.07) is 5.54. The van der Waals surface area contributed by atoms with Gasteiger partial charge in [0.05, 0.1) is 18.4 Å². The summed E-state index contributed by atoms with van der Waals surface area (Å²) in [4.78, 5) is 3.92.